The van der Waals surface area contributed by atoms with Gasteiger partial charge in [-0.1, -0.05) is 0 Å². The zero-order chi connectivity index (χ0) is 11.5. The summed E-state index contributed by atoms with van der Waals surface area (Å²) in [5.41, 5.74) is 0. The van der Waals surface area contributed by atoms with Gasteiger partial charge in [-0.25, -0.2) is 0 Å². The molecule has 0 aromatic heterocycles. The van der Waals surface area contributed by atoms with Gasteiger partial charge in [-0.05, 0) is 59.3 Å². The minimum Gasteiger partial charge on any atom is -0.315 e. The van der Waals surface area contributed by atoms with Crippen molar-refractivity contribution in [2.24, 2.45) is 5.92 Å². The van der Waals surface area contributed by atoms with Crippen molar-refractivity contribution < 1.29 is 0 Å². The molecule has 1 aliphatic heterocycles. The largest absolute Gasteiger partial charge is 0.315 e. The topological polar surface area (TPSA) is 18.5 Å². The van der Waals surface area contributed by atoms with Crippen LogP contribution in [0, 0.1) is 5.92 Å². The second kappa shape index (κ2) is 5.48. The molecular weight excluding hydrogens is 198 g/mol. The molecule has 1 N–H and O–H groups in total. The molecular formula is C13H27N3. The average Bonchev–Trinajstić information content (AvgIpc) is 3.10. The monoisotopic (exact) mass is 225 g/mol. The van der Waals surface area contributed by atoms with E-state index in [-0.39, 0.29) is 0 Å². The quantitative estimate of drug-likeness (QED) is 0.753. The maximum Gasteiger partial charge on any atom is 0.0220 e. The van der Waals surface area contributed by atoms with Crippen LogP contribution in [-0.2, 0) is 0 Å². The van der Waals surface area contributed by atoms with Gasteiger partial charge in [-0.2, -0.15) is 0 Å². The van der Waals surface area contributed by atoms with E-state index in [9.17, 15) is 0 Å². The lowest BCUT2D eigenvalue weighted by Gasteiger charge is -2.37. The van der Waals surface area contributed by atoms with Crippen LogP contribution < -0.4 is 5.32 Å². The molecule has 2 rings (SSSR count). The van der Waals surface area contributed by atoms with Gasteiger partial charge in [0.15, 0.2) is 0 Å². The van der Waals surface area contributed by atoms with Crippen LogP contribution in [0.25, 0.3) is 0 Å². The Kier molecular flexibility index (Phi) is 4.22. The van der Waals surface area contributed by atoms with Gasteiger partial charge in [0.2, 0.25) is 0 Å². The Labute approximate surface area is 100 Å². The second-order valence-electron chi connectivity index (χ2n) is 5.75. The van der Waals surface area contributed by atoms with Crippen molar-refractivity contribution in [2.75, 3.05) is 40.8 Å². The first-order valence-electron chi connectivity index (χ1n) is 6.76. The number of likely N-dealkylation sites (N-methyl/N-ethyl adjacent to an activating group) is 2. The number of hydrogen-bond acceptors (Lipinski definition) is 3. The summed E-state index contributed by atoms with van der Waals surface area (Å²) in [4.78, 5) is 5.05. The molecule has 0 bridgehead atoms. The van der Waals surface area contributed by atoms with E-state index in [1.165, 1.54) is 45.3 Å². The Morgan fingerprint density at radius 1 is 1.31 bits per heavy atom. The van der Waals surface area contributed by atoms with Gasteiger partial charge in [-0.3, -0.25) is 0 Å². The van der Waals surface area contributed by atoms with Crippen molar-refractivity contribution in [3.05, 3.63) is 0 Å². The van der Waals surface area contributed by atoms with Crippen molar-refractivity contribution in [3.8, 4) is 0 Å². The molecule has 0 radical (unpaired) electrons. The summed E-state index contributed by atoms with van der Waals surface area (Å²) in [6.45, 7) is 3.82. The van der Waals surface area contributed by atoms with Gasteiger partial charge in [0, 0.05) is 25.2 Å². The second-order valence-corrected chi connectivity index (χ2v) is 5.75. The maximum atomic E-state index is 3.50. The van der Waals surface area contributed by atoms with Crippen molar-refractivity contribution in [2.45, 2.75) is 37.8 Å². The fourth-order valence-corrected chi connectivity index (χ4v) is 2.87. The molecule has 1 saturated carbocycles. The smallest absolute Gasteiger partial charge is 0.0220 e. The minimum atomic E-state index is 0.737. The SMILES string of the molecule is CNC(CN1CCCC(N(C)C)C1)C1CC1. The van der Waals surface area contributed by atoms with Gasteiger partial charge in [0.05, 0.1) is 0 Å². The number of nitrogens with zero attached hydrogens (tertiary/aromatic N) is 2. The fraction of sp³-hybridized carbons (Fsp3) is 1.00. The molecule has 1 heterocycles. The third kappa shape index (κ3) is 3.19. The molecule has 2 fully saturated rings. The summed E-state index contributed by atoms with van der Waals surface area (Å²) in [5.74, 6) is 0.963. The lowest BCUT2D eigenvalue weighted by atomic mass is 10.0. The molecule has 16 heavy (non-hydrogen) atoms. The van der Waals surface area contributed by atoms with E-state index in [2.05, 4.69) is 36.3 Å². The Balaban J connectivity index is 1.79. The lowest BCUT2D eigenvalue weighted by molar-refractivity contribution is 0.121. The molecule has 0 aromatic rings. The fourth-order valence-electron chi connectivity index (χ4n) is 2.87. The van der Waals surface area contributed by atoms with E-state index in [0.717, 1.165) is 18.0 Å². The average molecular weight is 225 g/mol. The zero-order valence-electron chi connectivity index (χ0n) is 11.1. The Morgan fingerprint density at radius 3 is 2.62 bits per heavy atom. The van der Waals surface area contributed by atoms with E-state index < -0.39 is 0 Å². The predicted octanol–water partition coefficient (Wildman–Crippen LogP) is 1.01. The zero-order valence-corrected chi connectivity index (χ0v) is 11.1. The maximum absolute atomic E-state index is 3.50. The Hall–Kier alpha value is -0.120. The number of likely N-dealkylation sites (tertiary alicyclic amines) is 1. The summed E-state index contributed by atoms with van der Waals surface area (Å²) >= 11 is 0. The van der Waals surface area contributed by atoms with Crippen molar-refractivity contribution in [1.29, 1.82) is 0 Å². The van der Waals surface area contributed by atoms with Gasteiger partial charge >= 0.3 is 0 Å². The molecule has 94 valence electrons. The number of rotatable bonds is 5. The highest BCUT2D eigenvalue weighted by atomic mass is 15.2. The van der Waals surface area contributed by atoms with Crippen molar-refractivity contribution >= 4 is 0 Å². The summed E-state index contributed by atoms with van der Waals surface area (Å²) < 4.78 is 0. The normalized spacial score (nSPS) is 29.6. The van der Waals surface area contributed by atoms with E-state index in [0.29, 0.717) is 0 Å². The molecule has 2 atom stereocenters. The van der Waals surface area contributed by atoms with Gasteiger partial charge < -0.3 is 15.1 Å². The van der Waals surface area contributed by atoms with Gasteiger partial charge in [-0.15, -0.1) is 0 Å². The summed E-state index contributed by atoms with van der Waals surface area (Å²) in [6.07, 6.45) is 5.62. The molecule has 1 aliphatic carbocycles. The Morgan fingerprint density at radius 2 is 2.06 bits per heavy atom. The number of piperidine rings is 1. The standard InChI is InChI=1S/C13H27N3/c1-14-13(11-6-7-11)10-16-8-4-5-12(9-16)15(2)3/h11-14H,4-10H2,1-3H3. The number of nitrogens with one attached hydrogen (secondary N) is 1. The van der Waals surface area contributed by atoms with Crippen LogP contribution in [0.1, 0.15) is 25.7 Å². The highest BCUT2D eigenvalue weighted by Crippen LogP contribution is 2.33. The van der Waals surface area contributed by atoms with Crippen LogP contribution in [0.15, 0.2) is 0 Å². The highest BCUT2D eigenvalue weighted by molar-refractivity contribution is 4.89. The molecule has 2 unspecified atom stereocenters. The molecule has 0 amide bonds. The number of hydrogen-bond donors (Lipinski definition) is 1. The molecule has 3 nitrogen and oxygen atoms in total. The van der Waals surface area contributed by atoms with Crippen LogP contribution in [0.5, 0.6) is 0 Å². The summed E-state index contributed by atoms with van der Waals surface area (Å²) in [5, 5.41) is 3.50. The van der Waals surface area contributed by atoms with E-state index >= 15 is 0 Å². The molecule has 1 saturated heterocycles. The van der Waals surface area contributed by atoms with Crippen molar-refractivity contribution in [1.82, 2.24) is 15.1 Å². The third-order valence-corrected chi connectivity index (χ3v) is 4.23. The first kappa shape index (κ1) is 12.3. The molecule has 3 heteroatoms. The summed E-state index contributed by atoms with van der Waals surface area (Å²) in [7, 11) is 6.55. The highest BCUT2D eigenvalue weighted by Gasteiger charge is 2.32. The van der Waals surface area contributed by atoms with E-state index in [1.54, 1.807) is 0 Å². The molecule has 0 spiro atoms. The van der Waals surface area contributed by atoms with Gasteiger partial charge in [0.1, 0.15) is 0 Å². The Bertz CT molecular complexity index is 213. The lowest BCUT2D eigenvalue weighted by Crippen LogP contribution is -2.49. The van der Waals surface area contributed by atoms with Crippen molar-refractivity contribution in [3.63, 3.8) is 0 Å². The van der Waals surface area contributed by atoms with Crippen LogP contribution in [0.4, 0.5) is 0 Å². The summed E-state index contributed by atoms with van der Waals surface area (Å²) in [6, 6.07) is 1.51. The van der Waals surface area contributed by atoms with Crippen LogP contribution in [0.2, 0.25) is 0 Å². The van der Waals surface area contributed by atoms with Crippen LogP contribution in [-0.4, -0.2) is 62.7 Å². The predicted molar refractivity (Wildman–Crippen MR) is 68.7 cm³/mol. The third-order valence-electron chi connectivity index (χ3n) is 4.23. The first-order valence-corrected chi connectivity index (χ1v) is 6.76. The first-order chi connectivity index (χ1) is 7.70. The minimum absolute atomic E-state index is 0.737. The molecule has 0 aromatic carbocycles. The van der Waals surface area contributed by atoms with Gasteiger partial charge in [0.25, 0.3) is 0 Å². The van der Waals surface area contributed by atoms with Crippen LogP contribution >= 0.6 is 0 Å². The molecule has 2 aliphatic rings. The van der Waals surface area contributed by atoms with E-state index in [1.807, 2.05) is 0 Å². The van der Waals surface area contributed by atoms with E-state index in [4.69, 9.17) is 0 Å². The van der Waals surface area contributed by atoms with Crippen LogP contribution in [0.3, 0.4) is 0 Å².